The van der Waals surface area contributed by atoms with E-state index in [1.807, 2.05) is 0 Å². The van der Waals surface area contributed by atoms with Crippen molar-refractivity contribution in [2.45, 2.75) is 19.8 Å². The zero-order chi connectivity index (χ0) is 12.5. The minimum Gasteiger partial charge on any atom is -0.380 e. The second-order valence-corrected chi connectivity index (χ2v) is 3.98. The number of hydrogen-bond acceptors (Lipinski definition) is 3. The lowest BCUT2D eigenvalue weighted by Crippen LogP contribution is -2.27. The van der Waals surface area contributed by atoms with E-state index in [0.29, 0.717) is 23.9 Å². The molecular formula is C12H17ClN2O2. The first-order chi connectivity index (χ1) is 8.24. The highest BCUT2D eigenvalue weighted by atomic mass is 35.5. The number of rotatable bonds is 7. The Bertz CT molecular complexity index is 341. The van der Waals surface area contributed by atoms with Crippen LogP contribution in [-0.4, -0.2) is 30.6 Å². The monoisotopic (exact) mass is 256 g/mol. The molecule has 1 aromatic rings. The molecule has 0 aliphatic carbocycles. The van der Waals surface area contributed by atoms with Gasteiger partial charge in [-0.3, -0.25) is 4.79 Å². The van der Waals surface area contributed by atoms with E-state index >= 15 is 0 Å². The lowest BCUT2D eigenvalue weighted by molar-refractivity contribution is 0.0912. The summed E-state index contributed by atoms with van der Waals surface area (Å²) in [4.78, 5) is 15.4. The van der Waals surface area contributed by atoms with Gasteiger partial charge in [0.1, 0.15) is 5.15 Å². The first-order valence-corrected chi connectivity index (χ1v) is 6.09. The molecule has 0 aliphatic rings. The van der Waals surface area contributed by atoms with E-state index in [4.69, 9.17) is 16.3 Å². The molecule has 1 aromatic heterocycles. The molecular weight excluding hydrogens is 240 g/mol. The largest absolute Gasteiger partial charge is 0.380 e. The number of unbranched alkanes of at least 4 members (excludes halogenated alkanes) is 1. The van der Waals surface area contributed by atoms with E-state index < -0.39 is 0 Å². The fourth-order valence-corrected chi connectivity index (χ4v) is 1.31. The number of hydrogen-bond donors (Lipinski definition) is 1. The minimum atomic E-state index is -0.159. The molecule has 1 amide bonds. The van der Waals surface area contributed by atoms with Crippen LogP contribution in [0.25, 0.3) is 0 Å². The van der Waals surface area contributed by atoms with Crippen molar-refractivity contribution in [1.82, 2.24) is 10.3 Å². The fourth-order valence-electron chi connectivity index (χ4n) is 1.20. The predicted octanol–water partition coefficient (Wildman–Crippen LogP) is 2.28. The molecule has 0 fully saturated rings. The Morgan fingerprint density at radius 3 is 2.94 bits per heavy atom. The van der Waals surface area contributed by atoms with Crippen LogP contribution >= 0.6 is 11.6 Å². The van der Waals surface area contributed by atoms with Crippen molar-refractivity contribution in [3.05, 3.63) is 29.0 Å². The molecule has 0 radical (unpaired) electrons. The van der Waals surface area contributed by atoms with Crippen LogP contribution < -0.4 is 5.32 Å². The Hall–Kier alpha value is -1.13. The van der Waals surface area contributed by atoms with E-state index in [2.05, 4.69) is 17.2 Å². The number of nitrogens with one attached hydrogen (secondary N) is 1. The normalized spacial score (nSPS) is 10.2. The summed E-state index contributed by atoms with van der Waals surface area (Å²) < 4.78 is 5.33. The van der Waals surface area contributed by atoms with E-state index in [1.54, 1.807) is 12.1 Å². The molecule has 0 saturated carbocycles. The molecule has 0 saturated heterocycles. The SMILES string of the molecule is CCCCOCCNC(=O)c1ccc(Cl)nc1. The van der Waals surface area contributed by atoms with Gasteiger partial charge in [-0.25, -0.2) is 4.98 Å². The summed E-state index contributed by atoms with van der Waals surface area (Å²) in [5.41, 5.74) is 0.503. The van der Waals surface area contributed by atoms with Crippen LogP contribution in [0.1, 0.15) is 30.1 Å². The van der Waals surface area contributed by atoms with Gasteiger partial charge in [0, 0.05) is 19.3 Å². The maximum absolute atomic E-state index is 11.6. The van der Waals surface area contributed by atoms with E-state index in [9.17, 15) is 4.79 Å². The van der Waals surface area contributed by atoms with Gasteiger partial charge in [-0.15, -0.1) is 0 Å². The summed E-state index contributed by atoms with van der Waals surface area (Å²) in [5, 5.41) is 3.13. The number of amides is 1. The molecule has 94 valence electrons. The van der Waals surface area contributed by atoms with Crippen molar-refractivity contribution in [3.63, 3.8) is 0 Å². The van der Waals surface area contributed by atoms with Gasteiger partial charge in [0.15, 0.2) is 0 Å². The summed E-state index contributed by atoms with van der Waals surface area (Å²) in [6.45, 7) is 3.89. The highest BCUT2D eigenvalue weighted by molar-refractivity contribution is 6.29. The van der Waals surface area contributed by atoms with E-state index in [1.165, 1.54) is 6.20 Å². The van der Waals surface area contributed by atoms with Crippen molar-refractivity contribution in [2.75, 3.05) is 19.8 Å². The summed E-state index contributed by atoms with van der Waals surface area (Å²) in [5.74, 6) is -0.159. The van der Waals surface area contributed by atoms with Gasteiger partial charge in [-0.05, 0) is 18.6 Å². The first kappa shape index (κ1) is 13.9. The van der Waals surface area contributed by atoms with Crippen LogP contribution in [0, 0.1) is 0 Å². The average Bonchev–Trinajstić information content (AvgIpc) is 2.34. The predicted molar refractivity (Wildman–Crippen MR) is 67.3 cm³/mol. The highest BCUT2D eigenvalue weighted by Crippen LogP contribution is 2.04. The Balaban J connectivity index is 2.19. The Morgan fingerprint density at radius 2 is 2.29 bits per heavy atom. The van der Waals surface area contributed by atoms with E-state index in [-0.39, 0.29) is 5.91 Å². The zero-order valence-electron chi connectivity index (χ0n) is 9.91. The quantitative estimate of drug-likeness (QED) is 0.602. The first-order valence-electron chi connectivity index (χ1n) is 5.71. The van der Waals surface area contributed by atoms with E-state index in [0.717, 1.165) is 19.4 Å². The van der Waals surface area contributed by atoms with Crippen molar-refractivity contribution >= 4 is 17.5 Å². The number of nitrogens with zero attached hydrogens (tertiary/aromatic N) is 1. The Labute approximate surface area is 106 Å². The molecule has 0 aliphatic heterocycles. The van der Waals surface area contributed by atoms with Gasteiger partial charge >= 0.3 is 0 Å². The molecule has 1 heterocycles. The van der Waals surface area contributed by atoms with Gasteiger partial charge in [-0.1, -0.05) is 24.9 Å². The molecule has 1 rings (SSSR count). The van der Waals surface area contributed by atoms with Crippen LogP contribution in [0.3, 0.4) is 0 Å². The van der Waals surface area contributed by atoms with Crippen molar-refractivity contribution in [1.29, 1.82) is 0 Å². The smallest absolute Gasteiger partial charge is 0.252 e. The zero-order valence-corrected chi connectivity index (χ0v) is 10.7. The standard InChI is InChI=1S/C12H17ClN2O2/c1-2-3-7-17-8-6-14-12(16)10-4-5-11(13)15-9-10/h4-5,9H,2-3,6-8H2,1H3,(H,14,16). The molecule has 17 heavy (non-hydrogen) atoms. The third-order valence-electron chi connectivity index (χ3n) is 2.16. The summed E-state index contributed by atoms with van der Waals surface area (Å²) in [6, 6.07) is 3.23. The summed E-state index contributed by atoms with van der Waals surface area (Å²) in [6.07, 6.45) is 3.62. The number of carbonyl (C=O) groups is 1. The van der Waals surface area contributed by atoms with Crippen molar-refractivity contribution < 1.29 is 9.53 Å². The summed E-state index contributed by atoms with van der Waals surface area (Å²) in [7, 11) is 0. The third-order valence-corrected chi connectivity index (χ3v) is 2.39. The lowest BCUT2D eigenvalue weighted by atomic mass is 10.3. The molecule has 0 spiro atoms. The lowest BCUT2D eigenvalue weighted by Gasteiger charge is -2.05. The Morgan fingerprint density at radius 1 is 1.47 bits per heavy atom. The van der Waals surface area contributed by atoms with Crippen LogP contribution in [-0.2, 0) is 4.74 Å². The molecule has 1 N–H and O–H groups in total. The second kappa shape index (κ2) is 8.03. The number of carbonyl (C=O) groups excluding carboxylic acids is 1. The van der Waals surface area contributed by atoms with Crippen molar-refractivity contribution in [3.8, 4) is 0 Å². The molecule has 0 atom stereocenters. The minimum absolute atomic E-state index is 0.159. The molecule has 5 heteroatoms. The molecule has 4 nitrogen and oxygen atoms in total. The fraction of sp³-hybridized carbons (Fsp3) is 0.500. The summed E-state index contributed by atoms with van der Waals surface area (Å²) >= 11 is 5.63. The van der Waals surface area contributed by atoms with Gasteiger partial charge in [0.05, 0.1) is 12.2 Å². The van der Waals surface area contributed by atoms with Gasteiger partial charge in [-0.2, -0.15) is 0 Å². The van der Waals surface area contributed by atoms with Crippen LogP contribution in [0.4, 0.5) is 0 Å². The van der Waals surface area contributed by atoms with Crippen LogP contribution in [0.2, 0.25) is 5.15 Å². The maximum Gasteiger partial charge on any atom is 0.252 e. The Kier molecular flexibility index (Phi) is 6.58. The number of pyridine rings is 1. The van der Waals surface area contributed by atoms with Crippen LogP contribution in [0.15, 0.2) is 18.3 Å². The van der Waals surface area contributed by atoms with Gasteiger partial charge in [0.2, 0.25) is 0 Å². The highest BCUT2D eigenvalue weighted by Gasteiger charge is 2.04. The number of ether oxygens (including phenoxy) is 1. The number of halogens is 1. The molecule has 0 aromatic carbocycles. The van der Waals surface area contributed by atoms with Gasteiger partial charge < -0.3 is 10.1 Å². The maximum atomic E-state index is 11.6. The topological polar surface area (TPSA) is 51.2 Å². The third kappa shape index (κ3) is 5.65. The van der Waals surface area contributed by atoms with Crippen LogP contribution in [0.5, 0.6) is 0 Å². The van der Waals surface area contributed by atoms with Gasteiger partial charge in [0.25, 0.3) is 5.91 Å². The average molecular weight is 257 g/mol. The molecule has 0 unspecified atom stereocenters. The number of aromatic nitrogens is 1. The van der Waals surface area contributed by atoms with Crippen molar-refractivity contribution in [2.24, 2.45) is 0 Å². The second-order valence-electron chi connectivity index (χ2n) is 3.59. The molecule has 0 bridgehead atoms.